The van der Waals surface area contributed by atoms with Gasteiger partial charge in [0.1, 0.15) is 11.5 Å². The second-order valence-electron chi connectivity index (χ2n) is 5.93. The molecule has 0 saturated heterocycles. The molecule has 0 aliphatic carbocycles. The molecule has 2 aromatic rings. The zero-order valence-corrected chi connectivity index (χ0v) is 12.7. The molecule has 4 rings (SSSR count). The summed E-state index contributed by atoms with van der Waals surface area (Å²) in [5.41, 5.74) is 3.34. The number of hydrogen-bond donors (Lipinski definition) is 0. The standard InChI is InChI=1S/C17H14BF3N2/c1-11-3-9-15-17(13-5-7-14(19)8-6-13)16-10-4-12(2)23(16)18(20,21)22(11)15/h3-10H,1-2H3. The van der Waals surface area contributed by atoms with Crippen LogP contribution in [0.1, 0.15) is 23.9 Å². The topological polar surface area (TPSA) is 7.94 Å². The van der Waals surface area contributed by atoms with Gasteiger partial charge >= 0.3 is 6.97 Å². The van der Waals surface area contributed by atoms with Crippen LogP contribution in [0.25, 0.3) is 5.57 Å². The van der Waals surface area contributed by atoms with Crippen molar-refractivity contribution < 1.29 is 17.5 Å². The smallest absolute Gasteiger partial charge is 0.393 e. The molecule has 0 radical (unpaired) electrons. The Bertz CT molecular complexity index is 918. The Kier molecular flexibility index (Phi) is 2.77. The highest BCUT2D eigenvalue weighted by Crippen LogP contribution is 2.40. The fourth-order valence-electron chi connectivity index (χ4n) is 3.49. The highest BCUT2D eigenvalue weighted by atomic mass is 19.2. The van der Waals surface area contributed by atoms with E-state index in [1.807, 2.05) is 0 Å². The Labute approximate surface area is 131 Å². The largest absolute Gasteiger partial charge is 0.737 e. The summed E-state index contributed by atoms with van der Waals surface area (Å²) in [5.74, 6) is -0.349. The lowest BCUT2D eigenvalue weighted by Crippen LogP contribution is -2.51. The third kappa shape index (κ3) is 1.81. The lowest BCUT2D eigenvalue weighted by atomic mass is 9.86. The predicted octanol–water partition coefficient (Wildman–Crippen LogP) is 3.97. The molecule has 3 heterocycles. The minimum Gasteiger partial charge on any atom is -0.393 e. The number of benzene rings is 1. The number of hydrogen-bond acceptors (Lipinski definition) is 0. The Morgan fingerprint density at radius 3 is 2.35 bits per heavy atom. The van der Waals surface area contributed by atoms with Crippen LogP contribution in [0, 0.1) is 12.7 Å². The zero-order valence-electron chi connectivity index (χ0n) is 12.7. The summed E-state index contributed by atoms with van der Waals surface area (Å²) >= 11 is 0. The third-order valence-corrected chi connectivity index (χ3v) is 4.51. The molecule has 0 saturated carbocycles. The van der Waals surface area contributed by atoms with Crippen LogP contribution in [0.3, 0.4) is 0 Å². The lowest BCUT2D eigenvalue weighted by Gasteiger charge is -2.32. The average molecular weight is 314 g/mol. The normalized spacial score (nSPS) is 18.5. The van der Waals surface area contributed by atoms with Gasteiger partial charge in [0.2, 0.25) is 0 Å². The van der Waals surface area contributed by atoms with Crippen molar-refractivity contribution in [1.82, 2.24) is 4.48 Å². The van der Waals surface area contributed by atoms with Crippen LogP contribution < -0.4 is 0 Å². The molecule has 0 fully saturated rings. The maximum absolute atomic E-state index is 15.0. The maximum Gasteiger partial charge on any atom is 0.737 e. The van der Waals surface area contributed by atoms with Gasteiger partial charge in [0, 0.05) is 24.8 Å². The van der Waals surface area contributed by atoms with Crippen molar-refractivity contribution >= 4 is 18.3 Å². The Hall–Kier alpha value is -2.50. The van der Waals surface area contributed by atoms with Crippen molar-refractivity contribution in [3.05, 3.63) is 77.0 Å². The van der Waals surface area contributed by atoms with E-state index in [1.165, 1.54) is 12.1 Å². The second kappa shape index (κ2) is 4.50. The quantitative estimate of drug-likeness (QED) is 0.704. The average Bonchev–Trinajstić information content (AvgIpc) is 3.06. The molecule has 1 aromatic heterocycles. The molecule has 0 bridgehead atoms. The SMILES string of the molecule is CC1=[N+]2C(=C(c3ccc(F)cc3)c3ccc(C)n3[B-]2(F)F)C=C1. The number of aryl methyl sites for hydroxylation is 1. The first-order valence-electron chi connectivity index (χ1n) is 7.43. The van der Waals surface area contributed by atoms with Gasteiger partial charge in [-0.05, 0) is 42.4 Å². The van der Waals surface area contributed by atoms with E-state index in [0.717, 1.165) is 14.5 Å². The van der Waals surface area contributed by atoms with Crippen LogP contribution in [-0.4, -0.2) is 21.6 Å². The number of halogens is 3. The maximum atomic E-state index is 15.0. The highest BCUT2D eigenvalue weighted by molar-refractivity contribution is 6.58. The predicted molar refractivity (Wildman–Crippen MR) is 85.0 cm³/mol. The van der Waals surface area contributed by atoms with Crippen LogP contribution in [0.5, 0.6) is 0 Å². The Morgan fingerprint density at radius 2 is 1.65 bits per heavy atom. The summed E-state index contributed by atoms with van der Waals surface area (Å²) in [7, 11) is 0. The van der Waals surface area contributed by atoms with Gasteiger partial charge in [-0.3, -0.25) is 0 Å². The molecule has 116 valence electrons. The van der Waals surface area contributed by atoms with Crippen LogP contribution in [0.15, 0.2) is 54.2 Å². The number of allylic oxidation sites excluding steroid dienone is 2. The summed E-state index contributed by atoms with van der Waals surface area (Å²) in [6.45, 7) is -0.589. The van der Waals surface area contributed by atoms with Crippen molar-refractivity contribution in [3.63, 3.8) is 0 Å². The van der Waals surface area contributed by atoms with Gasteiger partial charge in [0.15, 0.2) is 5.70 Å². The van der Waals surface area contributed by atoms with E-state index in [4.69, 9.17) is 0 Å². The number of aromatic nitrogens is 1. The number of rotatable bonds is 1. The molecule has 0 atom stereocenters. The second-order valence-corrected chi connectivity index (χ2v) is 5.93. The molecular formula is C17H14BF3N2. The Balaban J connectivity index is 2.09. The van der Waals surface area contributed by atoms with Gasteiger partial charge in [-0.2, -0.15) is 0 Å². The first-order chi connectivity index (χ1) is 10.9. The van der Waals surface area contributed by atoms with Crippen LogP contribution in [-0.2, 0) is 0 Å². The van der Waals surface area contributed by atoms with Crippen LogP contribution >= 0.6 is 0 Å². The molecule has 0 spiro atoms. The van der Waals surface area contributed by atoms with Crippen molar-refractivity contribution in [1.29, 1.82) is 0 Å². The molecule has 6 heteroatoms. The van der Waals surface area contributed by atoms with Crippen LogP contribution in [0.2, 0.25) is 0 Å². The zero-order chi connectivity index (χ0) is 16.4. The van der Waals surface area contributed by atoms with E-state index in [9.17, 15) is 4.39 Å². The fraction of sp³-hybridized carbons (Fsp3) is 0.118. The van der Waals surface area contributed by atoms with Gasteiger partial charge in [-0.15, -0.1) is 0 Å². The fourth-order valence-corrected chi connectivity index (χ4v) is 3.49. The molecular weight excluding hydrogens is 300 g/mol. The third-order valence-electron chi connectivity index (χ3n) is 4.51. The molecule has 2 aliphatic heterocycles. The van der Waals surface area contributed by atoms with Crippen molar-refractivity contribution in [3.8, 4) is 0 Å². The molecule has 2 aliphatic rings. The van der Waals surface area contributed by atoms with Crippen molar-refractivity contribution in [2.24, 2.45) is 0 Å². The minimum atomic E-state index is -3.93. The summed E-state index contributed by atoms with van der Waals surface area (Å²) in [5, 5.41) is 0. The molecule has 1 aromatic carbocycles. The molecule has 2 nitrogen and oxygen atoms in total. The van der Waals surface area contributed by atoms with E-state index < -0.39 is 6.97 Å². The van der Waals surface area contributed by atoms with E-state index in [-0.39, 0.29) is 5.82 Å². The summed E-state index contributed by atoms with van der Waals surface area (Å²) in [6.07, 6.45) is 3.39. The van der Waals surface area contributed by atoms with Gasteiger partial charge in [0.25, 0.3) is 0 Å². The monoisotopic (exact) mass is 314 g/mol. The van der Waals surface area contributed by atoms with E-state index in [2.05, 4.69) is 0 Å². The van der Waals surface area contributed by atoms with Gasteiger partial charge in [-0.25, -0.2) is 4.39 Å². The molecule has 0 N–H and O–H groups in total. The highest BCUT2D eigenvalue weighted by Gasteiger charge is 2.53. The summed E-state index contributed by atoms with van der Waals surface area (Å²) in [4.78, 5) is 0. The number of fused-ring (bicyclic) bond motifs is 2. The van der Waals surface area contributed by atoms with E-state index in [0.29, 0.717) is 28.4 Å². The van der Waals surface area contributed by atoms with Gasteiger partial charge in [0.05, 0.1) is 5.57 Å². The summed E-state index contributed by atoms with van der Waals surface area (Å²) < 4.78 is 45.5. The first kappa shape index (κ1) is 14.1. The van der Waals surface area contributed by atoms with Gasteiger partial charge in [-0.1, -0.05) is 12.1 Å². The molecule has 23 heavy (non-hydrogen) atoms. The van der Waals surface area contributed by atoms with Crippen LogP contribution in [0.4, 0.5) is 13.0 Å². The van der Waals surface area contributed by atoms with E-state index in [1.54, 1.807) is 50.3 Å². The summed E-state index contributed by atoms with van der Waals surface area (Å²) in [6, 6.07) is 9.34. The number of nitrogens with zero attached hydrogens (tertiary/aromatic N) is 2. The first-order valence-corrected chi connectivity index (χ1v) is 7.43. The molecule has 0 unspecified atom stereocenters. The Morgan fingerprint density at radius 1 is 0.957 bits per heavy atom. The minimum absolute atomic E-state index is 0.349. The van der Waals surface area contributed by atoms with Gasteiger partial charge < -0.3 is 17.6 Å². The van der Waals surface area contributed by atoms with E-state index >= 15 is 8.63 Å². The lowest BCUT2D eigenvalue weighted by molar-refractivity contribution is -0.362. The molecule has 0 amide bonds. The van der Waals surface area contributed by atoms with Crippen molar-refractivity contribution in [2.75, 3.05) is 0 Å². The van der Waals surface area contributed by atoms with Crippen molar-refractivity contribution in [2.45, 2.75) is 13.8 Å².